The van der Waals surface area contributed by atoms with Gasteiger partial charge in [0.2, 0.25) is 11.8 Å². The lowest BCUT2D eigenvalue weighted by Crippen LogP contribution is -2.37. The number of para-hydroxylation sites is 2. The Hall–Kier alpha value is -1.99. The van der Waals surface area contributed by atoms with Crippen LogP contribution in [0.25, 0.3) is 0 Å². The minimum absolute atomic E-state index is 0.148. The fraction of sp³-hybridized carbons (Fsp3) is 0.400. The summed E-state index contributed by atoms with van der Waals surface area (Å²) in [4.78, 5) is 41.1. The summed E-state index contributed by atoms with van der Waals surface area (Å²) < 4.78 is 5.85. The summed E-state index contributed by atoms with van der Waals surface area (Å²) in [5.74, 6) is -0.399. The molecule has 32 heavy (non-hydrogen) atoms. The van der Waals surface area contributed by atoms with Gasteiger partial charge in [0, 0.05) is 15.2 Å². The molecule has 2 aromatic rings. The first-order valence-corrected chi connectivity index (χ1v) is 12.6. The first-order valence-electron chi connectivity index (χ1n) is 10.8. The Balaban J connectivity index is 1.38. The number of carbonyl (C=O) groups excluding carboxylic acids is 3. The van der Waals surface area contributed by atoms with Crippen molar-refractivity contribution in [3.63, 3.8) is 0 Å². The lowest BCUT2D eigenvalue weighted by Gasteiger charge is -2.28. The molecular weight excluding hydrogens is 538 g/mol. The van der Waals surface area contributed by atoms with Crippen LogP contribution < -0.4 is 9.64 Å². The molecule has 6 atom stereocenters. The van der Waals surface area contributed by atoms with Crippen LogP contribution in [-0.4, -0.2) is 33.9 Å². The van der Waals surface area contributed by atoms with Gasteiger partial charge in [-0.15, -0.1) is 0 Å². The molecule has 0 radical (unpaired) electrons. The van der Waals surface area contributed by atoms with Crippen molar-refractivity contribution in [1.82, 2.24) is 0 Å². The van der Waals surface area contributed by atoms with Gasteiger partial charge in [0.15, 0.2) is 12.4 Å². The third kappa shape index (κ3) is 3.27. The molecule has 0 unspecified atom stereocenters. The summed E-state index contributed by atoms with van der Waals surface area (Å²) in [5, 5.41) is 0. The number of hydrogen-bond acceptors (Lipinski definition) is 4. The SMILES string of the molecule is Cc1ccc(C(=O)COc2ccccc2N2C(=O)[C@@H]3[C@H]4C[C@@H]([C@H](Br)[C@H]4Br)[C@H]3C2=O)cc1C. The molecule has 7 heteroatoms. The topological polar surface area (TPSA) is 63.7 Å². The molecule has 0 N–H and O–H groups in total. The Bertz CT molecular complexity index is 1100. The molecule has 5 rings (SSSR count). The van der Waals surface area contributed by atoms with E-state index in [9.17, 15) is 14.4 Å². The van der Waals surface area contributed by atoms with Crippen LogP contribution in [0.4, 0.5) is 5.69 Å². The van der Waals surface area contributed by atoms with Crippen LogP contribution in [0, 0.1) is 37.5 Å². The molecule has 1 heterocycles. The molecule has 2 saturated carbocycles. The Morgan fingerprint density at radius 3 is 2.22 bits per heavy atom. The number of alkyl halides is 2. The standard InChI is InChI=1S/C25H23Br2NO4/c1-12-7-8-14(9-13(12)2)18(29)11-32-19-6-4-3-5-17(19)28-24(30)20-15-10-16(21(20)25(28)31)23(27)22(15)26/h3-9,15-16,20-23H,10-11H2,1-2H3/t15-,16-,20-,21-,22+,23+/m1/s1. The molecule has 0 spiro atoms. The smallest absolute Gasteiger partial charge is 0.238 e. The van der Waals surface area contributed by atoms with Crippen LogP contribution >= 0.6 is 31.9 Å². The van der Waals surface area contributed by atoms with Gasteiger partial charge in [-0.25, -0.2) is 4.90 Å². The fourth-order valence-electron chi connectivity index (χ4n) is 5.49. The second kappa shape index (κ2) is 8.10. The second-order valence-electron chi connectivity index (χ2n) is 8.99. The zero-order chi connectivity index (χ0) is 22.7. The summed E-state index contributed by atoms with van der Waals surface area (Å²) in [6.45, 7) is 3.80. The van der Waals surface area contributed by atoms with Gasteiger partial charge < -0.3 is 4.74 Å². The summed E-state index contributed by atoms with van der Waals surface area (Å²) in [6.07, 6.45) is 0.884. The van der Waals surface area contributed by atoms with Gasteiger partial charge in [0.25, 0.3) is 0 Å². The molecule has 2 amide bonds. The number of anilines is 1. The molecule has 3 fully saturated rings. The number of aryl methyl sites for hydroxylation is 2. The highest BCUT2D eigenvalue weighted by Crippen LogP contribution is 2.60. The van der Waals surface area contributed by atoms with Gasteiger partial charge in [-0.1, -0.05) is 56.1 Å². The van der Waals surface area contributed by atoms with Crippen molar-refractivity contribution in [3.05, 3.63) is 59.2 Å². The third-order valence-corrected chi connectivity index (χ3v) is 10.5. The number of Topliss-reactive ketones (excluding diaryl/α,β-unsaturated/α-hetero) is 1. The lowest BCUT2D eigenvalue weighted by atomic mass is 9.81. The second-order valence-corrected chi connectivity index (χ2v) is 11.1. The van der Waals surface area contributed by atoms with E-state index in [0.717, 1.165) is 17.5 Å². The monoisotopic (exact) mass is 559 g/mol. The number of fused-ring (bicyclic) bond motifs is 5. The van der Waals surface area contributed by atoms with E-state index in [1.807, 2.05) is 26.0 Å². The van der Waals surface area contributed by atoms with E-state index in [-0.39, 0.29) is 57.5 Å². The highest BCUT2D eigenvalue weighted by atomic mass is 79.9. The van der Waals surface area contributed by atoms with Gasteiger partial charge in [-0.3, -0.25) is 14.4 Å². The maximum atomic E-state index is 13.4. The number of ether oxygens (including phenoxy) is 1. The normalized spacial score (nSPS) is 30.7. The molecule has 2 aliphatic carbocycles. The molecule has 2 aromatic carbocycles. The number of halogens is 2. The first-order chi connectivity index (χ1) is 15.3. The summed E-state index contributed by atoms with van der Waals surface area (Å²) in [5.41, 5.74) is 3.16. The van der Waals surface area contributed by atoms with Crippen molar-refractivity contribution in [2.45, 2.75) is 29.9 Å². The van der Waals surface area contributed by atoms with E-state index in [1.54, 1.807) is 30.3 Å². The van der Waals surface area contributed by atoms with E-state index < -0.39 is 0 Å². The van der Waals surface area contributed by atoms with Gasteiger partial charge in [-0.2, -0.15) is 0 Å². The van der Waals surface area contributed by atoms with E-state index in [1.165, 1.54) is 4.90 Å². The van der Waals surface area contributed by atoms with E-state index >= 15 is 0 Å². The Labute approximate surface area is 203 Å². The molecular formula is C25H23Br2NO4. The number of hydrogen-bond donors (Lipinski definition) is 0. The Morgan fingerprint density at radius 1 is 0.969 bits per heavy atom. The Kier molecular flexibility index (Phi) is 5.53. The lowest BCUT2D eigenvalue weighted by molar-refractivity contribution is -0.123. The predicted octanol–water partition coefficient (Wildman–Crippen LogP) is 4.85. The zero-order valence-electron chi connectivity index (χ0n) is 17.8. The maximum absolute atomic E-state index is 13.4. The summed E-state index contributed by atoms with van der Waals surface area (Å²) >= 11 is 7.43. The van der Waals surface area contributed by atoms with Gasteiger partial charge in [0.05, 0.1) is 17.5 Å². The van der Waals surface area contributed by atoms with E-state index in [4.69, 9.17) is 4.74 Å². The number of imide groups is 1. The molecule has 5 nitrogen and oxygen atoms in total. The molecule has 2 bridgehead atoms. The van der Waals surface area contributed by atoms with E-state index in [0.29, 0.717) is 17.0 Å². The van der Waals surface area contributed by atoms with Crippen LogP contribution in [0.2, 0.25) is 0 Å². The van der Waals surface area contributed by atoms with Crippen LogP contribution in [0.5, 0.6) is 5.75 Å². The van der Waals surface area contributed by atoms with Crippen molar-refractivity contribution in [3.8, 4) is 5.75 Å². The molecule has 1 aliphatic heterocycles. The minimum atomic E-state index is -0.295. The minimum Gasteiger partial charge on any atom is -0.483 e. The van der Waals surface area contributed by atoms with Gasteiger partial charge >= 0.3 is 0 Å². The zero-order valence-corrected chi connectivity index (χ0v) is 20.9. The number of amides is 2. The van der Waals surface area contributed by atoms with Crippen molar-refractivity contribution in [2.24, 2.45) is 23.7 Å². The van der Waals surface area contributed by atoms with Crippen molar-refractivity contribution >= 4 is 55.1 Å². The predicted molar refractivity (Wildman–Crippen MR) is 129 cm³/mol. The molecule has 0 aromatic heterocycles. The maximum Gasteiger partial charge on any atom is 0.238 e. The van der Waals surface area contributed by atoms with Crippen molar-refractivity contribution in [2.75, 3.05) is 11.5 Å². The van der Waals surface area contributed by atoms with Crippen LogP contribution in [-0.2, 0) is 9.59 Å². The third-order valence-electron chi connectivity index (χ3n) is 7.28. The molecule has 166 valence electrons. The average molecular weight is 561 g/mol. The summed E-state index contributed by atoms with van der Waals surface area (Å²) in [7, 11) is 0. The number of nitrogens with zero attached hydrogens (tertiary/aromatic N) is 1. The van der Waals surface area contributed by atoms with Gasteiger partial charge in [0.1, 0.15) is 5.75 Å². The average Bonchev–Trinajstić information content (AvgIpc) is 3.39. The van der Waals surface area contributed by atoms with Crippen LogP contribution in [0.15, 0.2) is 42.5 Å². The molecule has 3 aliphatic rings. The van der Waals surface area contributed by atoms with Crippen molar-refractivity contribution < 1.29 is 19.1 Å². The Morgan fingerprint density at radius 2 is 1.59 bits per heavy atom. The van der Waals surface area contributed by atoms with Gasteiger partial charge in [-0.05, 0) is 61.4 Å². The first kappa shape index (κ1) is 21.8. The van der Waals surface area contributed by atoms with Crippen LogP contribution in [0.3, 0.4) is 0 Å². The number of ketones is 1. The highest BCUT2D eigenvalue weighted by Gasteiger charge is 2.66. The molecule has 1 saturated heterocycles. The largest absolute Gasteiger partial charge is 0.483 e. The quantitative estimate of drug-likeness (QED) is 0.298. The fourth-order valence-corrected chi connectivity index (χ4v) is 7.37. The number of rotatable bonds is 5. The number of benzene rings is 2. The highest BCUT2D eigenvalue weighted by molar-refractivity contribution is 9.12. The van der Waals surface area contributed by atoms with Crippen LogP contribution in [0.1, 0.15) is 27.9 Å². The van der Waals surface area contributed by atoms with Crippen molar-refractivity contribution in [1.29, 1.82) is 0 Å². The summed E-state index contributed by atoms with van der Waals surface area (Å²) in [6, 6.07) is 12.5. The van der Waals surface area contributed by atoms with E-state index in [2.05, 4.69) is 31.9 Å². The number of carbonyl (C=O) groups is 3.